The second kappa shape index (κ2) is 8.92. The predicted molar refractivity (Wildman–Crippen MR) is 98.2 cm³/mol. The third-order valence-electron chi connectivity index (χ3n) is 4.06. The molecular weight excluding hydrogens is 334 g/mol. The van der Waals surface area contributed by atoms with Crippen molar-refractivity contribution >= 4 is 12.1 Å². The van der Waals surface area contributed by atoms with Crippen LogP contribution in [0, 0.1) is 0 Å². The fourth-order valence-electron chi connectivity index (χ4n) is 2.70. The van der Waals surface area contributed by atoms with Gasteiger partial charge in [-0.2, -0.15) is 0 Å². The number of esters is 1. The highest BCUT2D eigenvalue weighted by atomic mass is 16.6. The molecule has 1 aromatic rings. The van der Waals surface area contributed by atoms with Gasteiger partial charge >= 0.3 is 12.1 Å². The zero-order valence-corrected chi connectivity index (χ0v) is 16.1. The zero-order valence-electron chi connectivity index (χ0n) is 16.1. The van der Waals surface area contributed by atoms with Crippen LogP contribution < -0.4 is 4.74 Å². The summed E-state index contributed by atoms with van der Waals surface area (Å²) in [5, 5.41) is 0. The molecule has 0 bridgehead atoms. The SMILES string of the molecule is CCc1cccc(OCC(=O)OC2CCN(C(=O)OC(C)(C)C)CC2)c1. The summed E-state index contributed by atoms with van der Waals surface area (Å²) in [6.45, 7) is 8.52. The average Bonchev–Trinajstić information content (AvgIpc) is 2.59. The van der Waals surface area contributed by atoms with E-state index in [-0.39, 0.29) is 24.8 Å². The largest absolute Gasteiger partial charge is 0.482 e. The molecule has 1 saturated heterocycles. The first kappa shape index (κ1) is 20.1. The van der Waals surface area contributed by atoms with Gasteiger partial charge < -0.3 is 19.1 Å². The molecule has 0 saturated carbocycles. The van der Waals surface area contributed by atoms with Gasteiger partial charge in [0, 0.05) is 25.9 Å². The summed E-state index contributed by atoms with van der Waals surface area (Å²) in [7, 11) is 0. The molecule has 1 aliphatic heterocycles. The van der Waals surface area contributed by atoms with E-state index < -0.39 is 5.60 Å². The molecule has 0 atom stereocenters. The van der Waals surface area contributed by atoms with Gasteiger partial charge in [-0.05, 0) is 44.9 Å². The third kappa shape index (κ3) is 6.58. The van der Waals surface area contributed by atoms with Gasteiger partial charge in [0.05, 0.1) is 0 Å². The summed E-state index contributed by atoms with van der Waals surface area (Å²) >= 11 is 0. The molecule has 144 valence electrons. The highest BCUT2D eigenvalue weighted by Gasteiger charge is 2.28. The molecule has 0 N–H and O–H groups in total. The molecule has 0 aliphatic carbocycles. The van der Waals surface area contributed by atoms with Crippen LogP contribution in [0.5, 0.6) is 5.75 Å². The lowest BCUT2D eigenvalue weighted by atomic mass is 10.1. The van der Waals surface area contributed by atoms with E-state index in [9.17, 15) is 9.59 Å². The summed E-state index contributed by atoms with van der Waals surface area (Å²) in [5.74, 6) is 0.281. The van der Waals surface area contributed by atoms with Crippen molar-refractivity contribution in [1.82, 2.24) is 4.90 Å². The molecule has 0 radical (unpaired) electrons. The van der Waals surface area contributed by atoms with Crippen molar-refractivity contribution in [3.63, 3.8) is 0 Å². The van der Waals surface area contributed by atoms with Crippen molar-refractivity contribution in [1.29, 1.82) is 0 Å². The Morgan fingerprint density at radius 2 is 1.88 bits per heavy atom. The number of ether oxygens (including phenoxy) is 3. The van der Waals surface area contributed by atoms with Crippen molar-refractivity contribution in [3.8, 4) is 5.75 Å². The Bertz CT molecular complexity index is 615. The number of benzene rings is 1. The summed E-state index contributed by atoms with van der Waals surface area (Å²) in [4.78, 5) is 25.7. The van der Waals surface area contributed by atoms with Crippen LogP contribution in [0.2, 0.25) is 0 Å². The van der Waals surface area contributed by atoms with Crippen LogP contribution >= 0.6 is 0 Å². The van der Waals surface area contributed by atoms with Gasteiger partial charge in [-0.1, -0.05) is 19.1 Å². The van der Waals surface area contributed by atoms with Crippen molar-refractivity contribution in [2.75, 3.05) is 19.7 Å². The van der Waals surface area contributed by atoms with Crippen LogP contribution in [-0.2, 0) is 20.7 Å². The number of amides is 1. The van der Waals surface area contributed by atoms with E-state index in [0.29, 0.717) is 31.7 Å². The lowest BCUT2D eigenvalue weighted by Gasteiger charge is -2.33. The second-order valence-electron chi connectivity index (χ2n) is 7.45. The van der Waals surface area contributed by atoms with Crippen LogP contribution in [0.1, 0.15) is 46.1 Å². The van der Waals surface area contributed by atoms with Crippen LogP contribution in [0.3, 0.4) is 0 Å². The summed E-state index contributed by atoms with van der Waals surface area (Å²) < 4.78 is 16.3. The molecule has 0 unspecified atom stereocenters. The van der Waals surface area contributed by atoms with E-state index in [1.54, 1.807) is 4.90 Å². The second-order valence-corrected chi connectivity index (χ2v) is 7.45. The van der Waals surface area contributed by atoms with Crippen molar-refractivity contribution in [2.24, 2.45) is 0 Å². The fourth-order valence-corrected chi connectivity index (χ4v) is 2.70. The van der Waals surface area contributed by atoms with Gasteiger partial charge in [0.1, 0.15) is 17.5 Å². The van der Waals surface area contributed by atoms with Crippen LogP contribution in [0.25, 0.3) is 0 Å². The first-order chi connectivity index (χ1) is 12.3. The van der Waals surface area contributed by atoms with Gasteiger partial charge in [0.15, 0.2) is 6.61 Å². The summed E-state index contributed by atoms with van der Waals surface area (Å²) in [5.41, 5.74) is 0.651. The van der Waals surface area contributed by atoms with E-state index in [1.807, 2.05) is 45.0 Å². The minimum absolute atomic E-state index is 0.112. The van der Waals surface area contributed by atoms with E-state index in [4.69, 9.17) is 14.2 Å². The topological polar surface area (TPSA) is 65.1 Å². The Morgan fingerprint density at radius 1 is 1.19 bits per heavy atom. The maximum Gasteiger partial charge on any atom is 0.410 e. The van der Waals surface area contributed by atoms with Crippen LogP contribution in [0.15, 0.2) is 24.3 Å². The molecule has 6 nitrogen and oxygen atoms in total. The number of piperidine rings is 1. The first-order valence-electron chi connectivity index (χ1n) is 9.16. The quantitative estimate of drug-likeness (QED) is 0.748. The number of aryl methyl sites for hydroxylation is 1. The molecule has 1 aromatic carbocycles. The highest BCUT2D eigenvalue weighted by Crippen LogP contribution is 2.18. The smallest absolute Gasteiger partial charge is 0.410 e. The summed E-state index contributed by atoms with van der Waals surface area (Å²) in [6.07, 6.45) is 1.62. The molecule has 26 heavy (non-hydrogen) atoms. The summed E-state index contributed by atoms with van der Waals surface area (Å²) in [6, 6.07) is 7.67. The van der Waals surface area contributed by atoms with Gasteiger partial charge in [0.2, 0.25) is 0 Å². The first-order valence-corrected chi connectivity index (χ1v) is 9.16. The van der Waals surface area contributed by atoms with Gasteiger partial charge in [0.25, 0.3) is 0 Å². The van der Waals surface area contributed by atoms with Crippen molar-refractivity contribution in [2.45, 2.75) is 58.7 Å². The molecule has 6 heteroatoms. The molecule has 0 spiro atoms. The number of carbonyl (C=O) groups is 2. The molecule has 1 heterocycles. The lowest BCUT2D eigenvalue weighted by Crippen LogP contribution is -2.44. The standard InChI is InChI=1S/C20H29NO5/c1-5-15-7-6-8-17(13-15)24-14-18(22)25-16-9-11-21(12-10-16)19(23)26-20(2,3)4/h6-8,13,16H,5,9-12,14H2,1-4H3. The maximum atomic E-state index is 12.0. The van der Waals surface area contributed by atoms with Gasteiger partial charge in [-0.15, -0.1) is 0 Å². The molecule has 1 amide bonds. The number of rotatable bonds is 5. The molecule has 0 aromatic heterocycles. The lowest BCUT2D eigenvalue weighted by molar-refractivity contribution is -0.153. The minimum Gasteiger partial charge on any atom is -0.482 e. The number of carbonyl (C=O) groups excluding carboxylic acids is 2. The number of nitrogens with zero attached hydrogens (tertiary/aromatic N) is 1. The van der Waals surface area contributed by atoms with Crippen molar-refractivity contribution in [3.05, 3.63) is 29.8 Å². The Kier molecular flexibility index (Phi) is 6.89. The van der Waals surface area contributed by atoms with E-state index >= 15 is 0 Å². The minimum atomic E-state index is -0.507. The van der Waals surface area contributed by atoms with Crippen molar-refractivity contribution < 1.29 is 23.8 Å². The van der Waals surface area contributed by atoms with E-state index in [1.165, 1.54) is 0 Å². The Balaban J connectivity index is 1.71. The third-order valence-corrected chi connectivity index (χ3v) is 4.06. The van der Waals surface area contributed by atoms with Crippen LogP contribution in [-0.4, -0.2) is 48.4 Å². The van der Waals surface area contributed by atoms with Gasteiger partial charge in [-0.3, -0.25) is 0 Å². The number of hydrogen-bond donors (Lipinski definition) is 0. The van der Waals surface area contributed by atoms with E-state index in [0.717, 1.165) is 12.0 Å². The average molecular weight is 363 g/mol. The Morgan fingerprint density at radius 3 is 2.50 bits per heavy atom. The molecule has 1 fully saturated rings. The normalized spacial score (nSPS) is 15.5. The number of hydrogen-bond acceptors (Lipinski definition) is 5. The van der Waals surface area contributed by atoms with Crippen LogP contribution in [0.4, 0.5) is 4.79 Å². The van der Waals surface area contributed by atoms with E-state index in [2.05, 4.69) is 6.92 Å². The molecule has 1 aliphatic rings. The maximum absolute atomic E-state index is 12.0. The monoisotopic (exact) mass is 363 g/mol. The zero-order chi connectivity index (χ0) is 19.2. The predicted octanol–water partition coefficient (Wildman–Crippen LogP) is 3.57. The molecular formula is C20H29NO5. The number of likely N-dealkylation sites (tertiary alicyclic amines) is 1. The van der Waals surface area contributed by atoms with Gasteiger partial charge in [-0.25, -0.2) is 9.59 Å². The Hall–Kier alpha value is -2.24. The Labute approximate surface area is 155 Å². The highest BCUT2D eigenvalue weighted by molar-refractivity contribution is 5.71. The fraction of sp³-hybridized carbons (Fsp3) is 0.600. The molecule has 2 rings (SSSR count).